The van der Waals surface area contributed by atoms with Gasteiger partial charge in [-0.2, -0.15) is 0 Å². The summed E-state index contributed by atoms with van der Waals surface area (Å²) in [5.41, 5.74) is 7.30. The molecule has 1 amide bonds. The number of para-hydroxylation sites is 1. The number of aromatic nitrogens is 1. The number of nitrogen functional groups attached to an aromatic ring is 1. The molecule has 0 atom stereocenters. The monoisotopic (exact) mass is 257 g/mol. The van der Waals surface area contributed by atoms with Crippen molar-refractivity contribution in [2.75, 3.05) is 12.8 Å². The second kappa shape index (κ2) is 5.86. The highest BCUT2D eigenvalue weighted by atomic mass is 16.5. The van der Waals surface area contributed by atoms with E-state index in [0.717, 1.165) is 11.3 Å². The molecule has 1 heterocycles. The third-order valence-corrected chi connectivity index (χ3v) is 2.65. The van der Waals surface area contributed by atoms with Crippen LogP contribution < -0.4 is 15.8 Å². The molecule has 0 saturated carbocycles. The molecular formula is C14H15N3O2. The maximum atomic E-state index is 11.9. The smallest absolute Gasteiger partial charge is 0.270 e. The lowest BCUT2D eigenvalue weighted by Crippen LogP contribution is -2.24. The van der Waals surface area contributed by atoms with Gasteiger partial charge >= 0.3 is 0 Å². The van der Waals surface area contributed by atoms with Crippen LogP contribution in [0.3, 0.4) is 0 Å². The number of benzene rings is 1. The Kier molecular flexibility index (Phi) is 3.97. The van der Waals surface area contributed by atoms with E-state index in [1.807, 2.05) is 24.3 Å². The maximum Gasteiger partial charge on any atom is 0.270 e. The van der Waals surface area contributed by atoms with Crippen LogP contribution in [0.15, 0.2) is 42.6 Å². The minimum Gasteiger partial charge on any atom is -0.496 e. The molecule has 0 spiro atoms. The summed E-state index contributed by atoms with van der Waals surface area (Å²) in [4.78, 5) is 15.8. The SMILES string of the molecule is COc1ccccc1CNC(=O)c1ccc(N)cn1. The highest BCUT2D eigenvalue weighted by Crippen LogP contribution is 2.16. The molecule has 1 aromatic carbocycles. The number of amides is 1. The molecule has 5 nitrogen and oxygen atoms in total. The highest BCUT2D eigenvalue weighted by molar-refractivity contribution is 5.92. The molecule has 3 N–H and O–H groups in total. The number of methoxy groups -OCH3 is 1. The molecule has 2 aromatic rings. The van der Waals surface area contributed by atoms with Crippen LogP contribution in [0.4, 0.5) is 5.69 Å². The van der Waals surface area contributed by atoms with Gasteiger partial charge in [0.25, 0.3) is 5.91 Å². The summed E-state index contributed by atoms with van der Waals surface area (Å²) in [5.74, 6) is 0.499. The van der Waals surface area contributed by atoms with Gasteiger partial charge in [0.2, 0.25) is 0 Å². The fourth-order valence-corrected chi connectivity index (χ4v) is 1.65. The summed E-state index contributed by atoms with van der Waals surface area (Å²) in [5, 5.41) is 2.79. The Morgan fingerprint density at radius 1 is 1.32 bits per heavy atom. The molecule has 19 heavy (non-hydrogen) atoms. The Morgan fingerprint density at radius 3 is 2.79 bits per heavy atom. The zero-order valence-corrected chi connectivity index (χ0v) is 10.6. The summed E-state index contributed by atoms with van der Waals surface area (Å²) >= 11 is 0. The van der Waals surface area contributed by atoms with E-state index in [4.69, 9.17) is 10.5 Å². The Bertz CT molecular complexity index is 567. The second-order valence-corrected chi connectivity index (χ2v) is 3.97. The molecule has 0 saturated heterocycles. The van der Waals surface area contributed by atoms with Crippen LogP contribution in [0, 0.1) is 0 Å². The first-order valence-electron chi connectivity index (χ1n) is 5.82. The van der Waals surface area contributed by atoms with Crippen LogP contribution in [0.25, 0.3) is 0 Å². The number of hydrogen-bond donors (Lipinski definition) is 2. The quantitative estimate of drug-likeness (QED) is 0.872. The minimum atomic E-state index is -0.245. The van der Waals surface area contributed by atoms with Crippen LogP contribution in [-0.4, -0.2) is 18.0 Å². The van der Waals surface area contributed by atoms with Crippen LogP contribution in [0.2, 0.25) is 0 Å². The standard InChI is InChI=1S/C14H15N3O2/c1-19-13-5-3-2-4-10(13)8-17-14(18)12-7-6-11(15)9-16-12/h2-7,9H,8,15H2,1H3,(H,17,18). The first-order chi connectivity index (χ1) is 9.20. The van der Waals surface area contributed by atoms with Crippen molar-refractivity contribution in [1.29, 1.82) is 0 Å². The van der Waals surface area contributed by atoms with E-state index >= 15 is 0 Å². The zero-order valence-electron chi connectivity index (χ0n) is 10.6. The predicted octanol–water partition coefficient (Wildman–Crippen LogP) is 1.60. The average molecular weight is 257 g/mol. The molecule has 0 aliphatic rings. The highest BCUT2D eigenvalue weighted by Gasteiger charge is 2.08. The lowest BCUT2D eigenvalue weighted by molar-refractivity contribution is 0.0946. The molecular weight excluding hydrogens is 242 g/mol. The van der Waals surface area contributed by atoms with Gasteiger partial charge in [0, 0.05) is 12.1 Å². The van der Waals surface area contributed by atoms with Crippen molar-refractivity contribution in [2.24, 2.45) is 0 Å². The van der Waals surface area contributed by atoms with Gasteiger partial charge in [0.15, 0.2) is 0 Å². The van der Waals surface area contributed by atoms with Gasteiger partial charge in [0.05, 0.1) is 19.0 Å². The molecule has 0 bridgehead atoms. The third kappa shape index (κ3) is 3.22. The zero-order chi connectivity index (χ0) is 13.7. The number of nitrogens with one attached hydrogen (secondary N) is 1. The van der Waals surface area contributed by atoms with E-state index < -0.39 is 0 Å². The Hall–Kier alpha value is -2.56. The number of carbonyl (C=O) groups excluding carboxylic acids is 1. The molecule has 2 rings (SSSR count). The van der Waals surface area contributed by atoms with Crippen molar-refractivity contribution in [2.45, 2.75) is 6.54 Å². The van der Waals surface area contributed by atoms with Gasteiger partial charge in [-0.15, -0.1) is 0 Å². The van der Waals surface area contributed by atoms with E-state index in [-0.39, 0.29) is 5.91 Å². The third-order valence-electron chi connectivity index (χ3n) is 2.65. The van der Waals surface area contributed by atoms with Crippen molar-refractivity contribution < 1.29 is 9.53 Å². The summed E-state index contributed by atoms with van der Waals surface area (Å²) < 4.78 is 5.22. The number of pyridine rings is 1. The van der Waals surface area contributed by atoms with Crippen LogP contribution in [0.1, 0.15) is 16.1 Å². The lowest BCUT2D eigenvalue weighted by atomic mass is 10.2. The van der Waals surface area contributed by atoms with Crippen molar-refractivity contribution >= 4 is 11.6 Å². The molecule has 0 radical (unpaired) electrons. The van der Waals surface area contributed by atoms with Crippen molar-refractivity contribution in [3.05, 3.63) is 53.9 Å². The number of rotatable bonds is 4. The Labute approximate surface area is 111 Å². The van der Waals surface area contributed by atoms with Crippen LogP contribution in [0.5, 0.6) is 5.75 Å². The fourth-order valence-electron chi connectivity index (χ4n) is 1.65. The summed E-state index contributed by atoms with van der Waals surface area (Å²) in [6, 6.07) is 10.8. The molecule has 1 aromatic heterocycles. The number of hydrogen-bond acceptors (Lipinski definition) is 4. The van der Waals surface area contributed by atoms with E-state index in [1.165, 1.54) is 6.20 Å². The number of anilines is 1. The molecule has 0 fully saturated rings. The van der Waals surface area contributed by atoms with Crippen molar-refractivity contribution in [3.63, 3.8) is 0 Å². The first kappa shape index (κ1) is 12.9. The predicted molar refractivity (Wildman–Crippen MR) is 72.8 cm³/mol. The van der Waals surface area contributed by atoms with Crippen molar-refractivity contribution in [3.8, 4) is 5.75 Å². The van der Waals surface area contributed by atoms with Gasteiger partial charge in [-0.3, -0.25) is 4.79 Å². The van der Waals surface area contributed by atoms with Gasteiger partial charge in [0.1, 0.15) is 11.4 Å². The van der Waals surface area contributed by atoms with Gasteiger partial charge in [-0.1, -0.05) is 18.2 Å². The molecule has 5 heteroatoms. The summed E-state index contributed by atoms with van der Waals surface area (Å²) in [6.45, 7) is 0.384. The summed E-state index contributed by atoms with van der Waals surface area (Å²) in [7, 11) is 1.60. The summed E-state index contributed by atoms with van der Waals surface area (Å²) in [6.07, 6.45) is 1.46. The second-order valence-electron chi connectivity index (χ2n) is 3.97. The number of nitrogens with two attached hydrogens (primary N) is 1. The van der Waals surface area contributed by atoms with E-state index in [1.54, 1.807) is 19.2 Å². The lowest BCUT2D eigenvalue weighted by Gasteiger charge is -2.09. The average Bonchev–Trinajstić information content (AvgIpc) is 2.45. The van der Waals surface area contributed by atoms with E-state index in [9.17, 15) is 4.79 Å². The largest absolute Gasteiger partial charge is 0.496 e. The van der Waals surface area contributed by atoms with Crippen molar-refractivity contribution in [1.82, 2.24) is 10.3 Å². The van der Waals surface area contributed by atoms with Crippen LogP contribution in [-0.2, 0) is 6.54 Å². The number of ether oxygens (including phenoxy) is 1. The number of carbonyl (C=O) groups is 1. The molecule has 0 aliphatic carbocycles. The van der Waals surface area contributed by atoms with Gasteiger partial charge in [-0.05, 0) is 18.2 Å². The van der Waals surface area contributed by atoms with Gasteiger partial charge < -0.3 is 15.8 Å². The van der Waals surface area contributed by atoms with E-state index in [0.29, 0.717) is 17.9 Å². The van der Waals surface area contributed by atoms with Gasteiger partial charge in [-0.25, -0.2) is 4.98 Å². The maximum absolute atomic E-state index is 11.9. The molecule has 0 unspecified atom stereocenters. The molecule has 98 valence electrons. The van der Waals surface area contributed by atoms with Crippen LogP contribution >= 0.6 is 0 Å². The fraction of sp³-hybridized carbons (Fsp3) is 0.143. The Morgan fingerprint density at radius 2 is 2.11 bits per heavy atom. The molecule has 0 aliphatic heterocycles. The minimum absolute atomic E-state index is 0.245. The number of nitrogens with zero attached hydrogens (tertiary/aromatic N) is 1. The van der Waals surface area contributed by atoms with E-state index in [2.05, 4.69) is 10.3 Å². The topological polar surface area (TPSA) is 77.2 Å². The first-order valence-corrected chi connectivity index (χ1v) is 5.82. The Balaban J connectivity index is 2.02. The normalized spacial score (nSPS) is 9.95.